The Balaban J connectivity index is 1.93. The number of thiazole rings is 1. The summed E-state index contributed by atoms with van der Waals surface area (Å²) in [6.07, 6.45) is 3.37. The Bertz CT molecular complexity index is 364. The van der Waals surface area contributed by atoms with Gasteiger partial charge in [-0.05, 0) is 0 Å². The minimum atomic E-state index is 0.532. The summed E-state index contributed by atoms with van der Waals surface area (Å²) in [4.78, 5) is 3.96. The molecule has 2 heterocycles. The summed E-state index contributed by atoms with van der Waals surface area (Å²) in [7, 11) is 0. The van der Waals surface area contributed by atoms with Gasteiger partial charge in [0.15, 0.2) is 5.82 Å². The molecule has 0 radical (unpaired) electrons. The van der Waals surface area contributed by atoms with Crippen molar-refractivity contribution >= 4 is 22.3 Å². The van der Waals surface area contributed by atoms with Gasteiger partial charge in [-0.2, -0.15) is 5.10 Å². The van der Waals surface area contributed by atoms with Crippen LogP contribution in [0.15, 0.2) is 34.2 Å². The van der Waals surface area contributed by atoms with Gasteiger partial charge in [0, 0.05) is 23.8 Å². The van der Waals surface area contributed by atoms with E-state index in [2.05, 4.69) is 30.9 Å². The molecule has 0 unspecified atom stereocenters. The van der Waals surface area contributed by atoms with E-state index in [0.717, 1.165) is 0 Å². The van der Waals surface area contributed by atoms with E-state index in [4.69, 9.17) is 0 Å². The van der Waals surface area contributed by atoms with Crippen LogP contribution in [-0.2, 0) is 0 Å². The van der Waals surface area contributed by atoms with Crippen LogP contribution in [-0.4, -0.2) is 15.2 Å². The molecule has 0 aliphatic rings. The van der Waals surface area contributed by atoms with Crippen LogP contribution in [0, 0.1) is 0 Å². The second-order valence-corrected chi connectivity index (χ2v) is 2.98. The predicted molar refractivity (Wildman–Crippen MR) is 48.8 cm³/mol. The number of nitrogens with zero attached hydrogens (tertiary/aromatic N) is 4. The minimum absolute atomic E-state index is 0.532. The Kier molecular flexibility index (Phi) is 2.28. The van der Waals surface area contributed by atoms with E-state index in [9.17, 15) is 0 Å². The summed E-state index contributed by atoms with van der Waals surface area (Å²) in [6.45, 7) is 0. The summed E-state index contributed by atoms with van der Waals surface area (Å²) in [5.74, 6) is 0.532. The number of H-pyrrole nitrogens is 1. The summed E-state index contributed by atoms with van der Waals surface area (Å²) in [5, 5.41) is 16.5. The fourth-order valence-corrected chi connectivity index (χ4v) is 1.17. The second kappa shape index (κ2) is 3.76. The van der Waals surface area contributed by atoms with Crippen molar-refractivity contribution in [2.75, 3.05) is 5.43 Å². The molecule has 2 aromatic rings. The lowest BCUT2D eigenvalue weighted by atomic mass is 10.7. The number of aromatic nitrogens is 3. The molecule has 0 saturated heterocycles. The van der Waals surface area contributed by atoms with E-state index < -0.39 is 0 Å². The van der Waals surface area contributed by atoms with E-state index in [0.29, 0.717) is 10.9 Å². The van der Waals surface area contributed by atoms with E-state index in [-0.39, 0.29) is 0 Å². The standard InChI is InChI=1S/C6H6N6S/c1-2-8-9-5(1)10-12-11-6-7-3-4-13-6/h1-4H,(H2,7,8,9,10,11). The van der Waals surface area contributed by atoms with E-state index >= 15 is 0 Å². The van der Waals surface area contributed by atoms with Crippen molar-refractivity contribution < 1.29 is 0 Å². The topological polar surface area (TPSA) is 78.3 Å². The lowest BCUT2D eigenvalue weighted by Crippen LogP contribution is -1.83. The highest BCUT2D eigenvalue weighted by Gasteiger charge is 1.91. The number of aromatic amines is 1. The molecule has 0 saturated carbocycles. The van der Waals surface area contributed by atoms with Crippen LogP contribution in [0.2, 0.25) is 0 Å². The molecule has 6 nitrogen and oxygen atoms in total. The van der Waals surface area contributed by atoms with E-state index in [1.54, 1.807) is 18.5 Å². The molecule has 2 aromatic heterocycles. The molecular formula is C6H6N6S. The van der Waals surface area contributed by atoms with E-state index in [1.165, 1.54) is 11.3 Å². The molecule has 0 aliphatic heterocycles. The zero-order valence-corrected chi connectivity index (χ0v) is 7.32. The smallest absolute Gasteiger partial charge is 0.204 e. The largest absolute Gasteiger partial charge is 0.283 e. The molecule has 66 valence electrons. The number of rotatable bonds is 3. The fourth-order valence-electron chi connectivity index (χ4n) is 0.706. The summed E-state index contributed by atoms with van der Waals surface area (Å²) >= 11 is 1.46. The molecular weight excluding hydrogens is 188 g/mol. The summed E-state index contributed by atoms with van der Waals surface area (Å²) in [5.41, 5.74) is 2.67. The first kappa shape index (κ1) is 7.87. The summed E-state index contributed by atoms with van der Waals surface area (Å²) < 4.78 is 0. The molecule has 0 amide bonds. The van der Waals surface area contributed by atoms with Gasteiger partial charge in [-0.15, -0.1) is 16.5 Å². The van der Waals surface area contributed by atoms with Crippen molar-refractivity contribution in [3.63, 3.8) is 0 Å². The van der Waals surface area contributed by atoms with Gasteiger partial charge in [0.05, 0.1) is 0 Å². The number of nitrogens with one attached hydrogen (secondary N) is 2. The Hall–Kier alpha value is -1.76. The molecule has 0 fully saturated rings. The number of hydrogen-bond acceptors (Lipinski definition) is 5. The third-order valence-electron chi connectivity index (χ3n) is 1.22. The first-order valence-electron chi connectivity index (χ1n) is 3.51. The van der Waals surface area contributed by atoms with Crippen molar-refractivity contribution in [3.05, 3.63) is 23.8 Å². The predicted octanol–water partition coefficient (Wildman–Crippen LogP) is 1.98. The third-order valence-corrected chi connectivity index (χ3v) is 1.89. The maximum atomic E-state index is 3.96. The molecule has 0 aliphatic carbocycles. The van der Waals surface area contributed by atoms with Crippen molar-refractivity contribution in [2.45, 2.75) is 0 Å². The molecule has 0 bridgehead atoms. The Morgan fingerprint density at radius 1 is 1.54 bits per heavy atom. The monoisotopic (exact) mass is 194 g/mol. The quantitative estimate of drug-likeness (QED) is 0.579. The second-order valence-electron chi connectivity index (χ2n) is 2.08. The van der Waals surface area contributed by atoms with Crippen LogP contribution in [0.1, 0.15) is 0 Å². The average molecular weight is 194 g/mol. The maximum Gasteiger partial charge on any atom is 0.204 e. The van der Waals surface area contributed by atoms with Gasteiger partial charge in [-0.1, -0.05) is 5.22 Å². The van der Waals surface area contributed by atoms with Crippen LogP contribution in [0.3, 0.4) is 0 Å². The van der Waals surface area contributed by atoms with Gasteiger partial charge in [0.25, 0.3) is 0 Å². The molecule has 2 rings (SSSR count). The zero-order valence-electron chi connectivity index (χ0n) is 6.51. The highest BCUT2D eigenvalue weighted by atomic mass is 32.1. The SMILES string of the molecule is c1csc(NN=Nc2cc[nH]n2)n1. The van der Waals surface area contributed by atoms with Crippen molar-refractivity contribution in [1.82, 2.24) is 15.2 Å². The van der Waals surface area contributed by atoms with Gasteiger partial charge in [-0.25, -0.2) is 10.4 Å². The lowest BCUT2D eigenvalue weighted by Gasteiger charge is -1.87. The molecule has 0 aromatic carbocycles. The molecule has 13 heavy (non-hydrogen) atoms. The first-order chi connectivity index (χ1) is 6.45. The molecule has 2 N–H and O–H groups in total. The summed E-state index contributed by atoms with van der Waals surface area (Å²) in [6, 6.07) is 1.72. The first-order valence-corrected chi connectivity index (χ1v) is 4.39. The van der Waals surface area contributed by atoms with Gasteiger partial charge < -0.3 is 0 Å². The van der Waals surface area contributed by atoms with E-state index in [1.807, 2.05) is 5.38 Å². The normalized spacial score (nSPS) is 10.8. The maximum absolute atomic E-state index is 3.96. The van der Waals surface area contributed by atoms with Crippen LogP contribution >= 0.6 is 11.3 Å². The molecule has 0 atom stereocenters. The fraction of sp³-hybridized carbons (Fsp3) is 0. The molecule has 0 spiro atoms. The lowest BCUT2D eigenvalue weighted by molar-refractivity contribution is 1.03. The highest BCUT2D eigenvalue weighted by Crippen LogP contribution is 2.11. The Labute approximate surface area is 77.7 Å². The van der Waals surface area contributed by atoms with Crippen molar-refractivity contribution in [2.24, 2.45) is 10.3 Å². The third kappa shape index (κ3) is 2.09. The van der Waals surface area contributed by atoms with Gasteiger partial charge in [-0.3, -0.25) is 5.10 Å². The Morgan fingerprint density at radius 3 is 3.23 bits per heavy atom. The van der Waals surface area contributed by atoms with Gasteiger partial charge in [0.2, 0.25) is 5.13 Å². The van der Waals surface area contributed by atoms with Crippen molar-refractivity contribution in [3.8, 4) is 0 Å². The van der Waals surface area contributed by atoms with Gasteiger partial charge >= 0.3 is 0 Å². The van der Waals surface area contributed by atoms with Crippen LogP contribution in [0.5, 0.6) is 0 Å². The van der Waals surface area contributed by atoms with Crippen LogP contribution in [0.25, 0.3) is 0 Å². The van der Waals surface area contributed by atoms with Crippen LogP contribution in [0.4, 0.5) is 10.9 Å². The highest BCUT2D eigenvalue weighted by molar-refractivity contribution is 7.13. The average Bonchev–Trinajstić information content (AvgIpc) is 2.75. The number of hydrogen-bond donors (Lipinski definition) is 2. The molecule has 7 heteroatoms. The van der Waals surface area contributed by atoms with Crippen molar-refractivity contribution in [1.29, 1.82) is 0 Å². The minimum Gasteiger partial charge on any atom is -0.283 e. The van der Waals surface area contributed by atoms with Crippen LogP contribution < -0.4 is 5.43 Å². The Morgan fingerprint density at radius 2 is 2.54 bits per heavy atom. The zero-order chi connectivity index (χ0) is 8.93. The number of anilines is 1. The van der Waals surface area contributed by atoms with Gasteiger partial charge in [0.1, 0.15) is 0 Å².